The minimum Gasteiger partial charge on any atom is -0.489 e. The van der Waals surface area contributed by atoms with Gasteiger partial charge in [-0.15, -0.1) is 0 Å². The van der Waals surface area contributed by atoms with Crippen molar-refractivity contribution in [2.45, 2.75) is 25.0 Å². The molecule has 0 radical (unpaired) electrons. The van der Waals surface area contributed by atoms with E-state index in [9.17, 15) is 5.26 Å². The molecule has 1 aromatic carbocycles. The van der Waals surface area contributed by atoms with Gasteiger partial charge in [-0.1, -0.05) is 0 Å². The number of benzene rings is 1. The van der Waals surface area contributed by atoms with Crippen LogP contribution in [-0.2, 0) is 9.47 Å². The molecule has 1 N–H and O–H groups in total. The van der Waals surface area contributed by atoms with Gasteiger partial charge >= 0.3 is 0 Å². The van der Waals surface area contributed by atoms with Crippen LogP contribution in [0.25, 0.3) is 11.3 Å². The number of nitrogens with one attached hydrogen (secondary N) is 1. The Morgan fingerprint density at radius 1 is 1.06 bits per heavy atom. The second-order valence-corrected chi connectivity index (χ2v) is 8.31. The maximum atomic E-state index is 9.68. The predicted octanol–water partition coefficient (Wildman–Crippen LogP) is 3.55. The number of aromatic nitrogens is 3. The van der Waals surface area contributed by atoms with Crippen molar-refractivity contribution in [1.82, 2.24) is 15.0 Å². The standard InChI is InChI=1S/C25H26N6O3/c1-32-21-15-31(16-21)24-13-19(4-8-27-24)29-25-28-9-5-22(30-25)17-2-3-23(18(12-17)14-26)34-20-6-10-33-11-7-20/h2-5,8-9,12-13,20-21H,6-7,10-11,15-16H2,1H3,(H,27,28,29,30). The molecule has 0 bridgehead atoms. The molecule has 2 saturated heterocycles. The number of nitriles is 1. The van der Waals surface area contributed by atoms with Crippen molar-refractivity contribution >= 4 is 17.5 Å². The number of hydrogen-bond acceptors (Lipinski definition) is 9. The quantitative estimate of drug-likeness (QED) is 0.569. The van der Waals surface area contributed by atoms with Crippen molar-refractivity contribution in [3.05, 3.63) is 54.4 Å². The number of rotatable bonds is 7. The van der Waals surface area contributed by atoms with Gasteiger partial charge in [0.05, 0.1) is 30.6 Å². The molecule has 34 heavy (non-hydrogen) atoms. The molecule has 9 nitrogen and oxygen atoms in total. The molecule has 0 spiro atoms. The summed E-state index contributed by atoms with van der Waals surface area (Å²) < 4.78 is 16.8. The van der Waals surface area contributed by atoms with Gasteiger partial charge in [0, 0.05) is 62.8 Å². The second-order valence-electron chi connectivity index (χ2n) is 8.31. The van der Waals surface area contributed by atoms with E-state index in [0.717, 1.165) is 43.0 Å². The van der Waals surface area contributed by atoms with Gasteiger partial charge in [0.15, 0.2) is 0 Å². The maximum absolute atomic E-state index is 9.68. The minimum atomic E-state index is 0.0726. The van der Waals surface area contributed by atoms with Gasteiger partial charge in [-0.2, -0.15) is 5.26 Å². The lowest BCUT2D eigenvalue weighted by molar-refractivity contribution is 0.0254. The lowest BCUT2D eigenvalue weighted by Crippen LogP contribution is -2.52. The normalized spacial score (nSPS) is 16.5. The zero-order valence-corrected chi connectivity index (χ0v) is 19.0. The van der Waals surface area contributed by atoms with Crippen LogP contribution in [0.15, 0.2) is 48.8 Å². The summed E-state index contributed by atoms with van der Waals surface area (Å²) in [5, 5.41) is 12.9. The first kappa shape index (κ1) is 22.1. The van der Waals surface area contributed by atoms with Crippen LogP contribution in [0.5, 0.6) is 5.75 Å². The summed E-state index contributed by atoms with van der Waals surface area (Å²) in [6.07, 6.45) is 5.44. The highest BCUT2D eigenvalue weighted by atomic mass is 16.5. The van der Waals surface area contributed by atoms with Crippen LogP contribution in [0.2, 0.25) is 0 Å². The van der Waals surface area contributed by atoms with Crippen molar-refractivity contribution in [1.29, 1.82) is 5.26 Å². The van der Waals surface area contributed by atoms with E-state index in [2.05, 4.69) is 31.2 Å². The summed E-state index contributed by atoms with van der Waals surface area (Å²) in [7, 11) is 1.73. The van der Waals surface area contributed by atoms with Crippen LogP contribution < -0.4 is 15.0 Å². The van der Waals surface area contributed by atoms with E-state index >= 15 is 0 Å². The van der Waals surface area contributed by atoms with Gasteiger partial charge in [-0.25, -0.2) is 15.0 Å². The van der Waals surface area contributed by atoms with Gasteiger partial charge in [-0.05, 0) is 30.3 Å². The lowest BCUT2D eigenvalue weighted by Gasteiger charge is -2.39. The molecule has 2 aromatic heterocycles. The monoisotopic (exact) mass is 458 g/mol. The van der Waals surface area contributed by atoms with E-state index in [-0.39, 0.29) is 12.2 Å². The maximum Gasteiger partial charge on any atom is 0.227 e. The average molecular weight is 459 g/mol. The summed E-state index contributed by atoms with van der Waals surface area (Å²) in [5.74, 6) is 1.94. The molecular formula is C25H26N6O3. The van der Waals surface area contributed by atoms with Crippen LogP contribution >= 0.6 is 0 Å². The van der Waals surface area contributed by atoms with Gasteiger partial charge in [0.25, 0.3) is 0 Å². The fourth-order valence-corrected chi connectivity index (χ4v) is 4.00. The molecule has 3 aromatic rings. The number of ether oxygens (including phenoxy) is 3. The Hall–Kier alpha value is -3.74. The van der Waals surface area contributed by atoms with Gasteiger partial charge in [-0.3, -0.25) is 0 Å². The van der Waals surface area contributed by atoms with Crippen molar-refractivity contribution in [3.63, 3.8) is 0 Å². The topological polar surface area (TPSA) is 105 Å². The Morgan fingerprint density at radius 2 is 1.88 bits per heavy atom. The molecule has 2 aliphatic heterocycles. The molecule has 9 heteroatoms. The highest BCUT2D eigenvalue weighted by molar-refractivity contribution is 5.66. The predicted molar refractivity (Wildman–Crippen MR) is 127 cm³/mol. The van der Waals surface area contributed by atoms with Gasteiger partial charge in [0.1, 0.15) is 23.7 Å². The summed E-state index contributed by atoms with van der Waals surface area (Å²) in [6, 6.07) is 13.5. The highest BCUT2D eigenvalue weighted by Crippen LogP contribution is 2.29. The molecular weight excluding hydrogens is 432 g/mol. The third kappa shape index (κ3) is 4.93. The fourth-order valence-electron chi connectivity index (χ4n) is 4.00. The molecule has 0 saturated carbocycles. The molecule has 4 heterocycles. The van der Waals surface area contributed by atoms with E-state index < -0.39 is 0 Å². The van der Waals surface area contributed by atoms with E-state index in [1.807, 2.05) is 30.3 Å². The third-order valence-corrected chi connectivity index (χ3v) is 6.02. The molecule has 174 valence electrons. The number of methoxy groups -OCH3 is 1. The molecule has 2 aliphatic rings. The van der Waals surface area contributed by atoms with Crippen LogP contribution in [0.1, 0.15) is 18.4 Å². The SMILES string of the molecule is COC1CN(c2cc(Nc3nccc(-c4ccc(OC5CCOCC5)c(C#N)c4)n3)ccn2)C1. The Balaban J connectivity index is 1.31. The first-order valence-electron chi connectivity index (χ1n) is 11.3. The molecule has 0 unspecified atom stereocenters. The largest absolute Gasteiger partial charge is 0.489 e. The second kappa shape index (κ2) is 10.0. The van der Waals surface area contributed by atoms with E-state index in [1.54, 1.807) is 25.6 Å². The molecule has 0 amide bonds. The first-order valence-corrected chi connectivity index (χ1v) is 11.3. The smallest absolute Gasteiger partial charge is 0.227 e. The fraction of sp³-hybridized carbons (Fsp3) is 0.360. The Morgan fingerprint density at radius 3 is 2.68 bits per heavy atom. The summed E-state index contributed by atoms with van der Waals surface area (Å²) in [5.41, 5.74) is 2.87. The molecule has 2 fully saturated rings. The first-order chi connectivity index (χ1) is 16.7. The zero-order valence-electron chi connectivity index (χ0n) is 19.0. The average Bonchev–Trinajstić information content (AvgIpc) is 2.85. The number of hydrogen-bond donors (Lipinski definition) is 1. The Bertz CT molecular complexity index is 1190. The number of anilines is 3. The summed E-state index contributed by atoms with van der Waals surface area (Å²) in [4.78, 5) is 15.6. The zero-order chi connectivity index (χ0) is 23.3. The molecule has 0 atom stereocenters. The van der Waals surface area contributed by atoms with Crippen LogP contribution in [0, 0.1) is 11.3 Å². The van der Waals surface area contributed by atoms with Crippen LogP contribution in [0.4, 0.5) is 17.5 Å². The Kier molecular flexibility index (Phi) is 6.51. The number of pyridine rings is 1. The summed E-state index contributed by atoms with van der Waals surface area (Å²) >= 11 is 0. The van der Waals surface area contributed by atoms with Crippen LogP contribution in [0.3, 0.4) is 0 Å². The van der Waals surface area contributed by atoms with E-state index in [4.69, 9.17) is 14.2 Å². The van der Waals surface area contributed by atoms with Gasteiger partial charge < -0.3 is 24.4 Å². The van der Waals surface area contributed by atoms with Crippen molar-refractivity contribution in [2.24, 2.45) is 0 Å². The number of nitrogens with zero attached hydrogens (tertiary/aromatic N) is 5. The Labute approximate surface area is 198 Å². The van der Waals surface area contributed by atoms with Gasteiger partial charge in [0.2, 0.25) is 5.95 Å². The van der Waals surface area contributed by atoms with E-state index in [0.29, 0.717) is 36.2 Å². The lowest BCUT2D eigenvalue weighted by atomic mass is 10.1. The molecule has 0 aliphatic carbocycles. The third-order valence-electron chi connectivity index (χ3n) is 6.02. The van der Waals surface area contributed by atoms with Crippen LogP contribution in [-0.4, -0.2) is 60.6 Å². The minimum absolute atomic E-state index is 0.0726. The highest BCUT2D eigenvalue weighted by Gasteiger charge is 2.27. The molecule has 5 rings (SSSR count). The van der Waals surface area contributed by atoms with E-state index in [1.165, 1.54) is 0 Å². The van der Waals surface area contributed by atoms with Crippen molar-refractivity contribution in [2.75, 3.05) is 43.6 Å². The van der Waals surface area contributed by atoms with Crippen molar-refractivity contribution in [3.8, 4) is 23.1 Å². The summed E-state index contributed by atoms with van der Waals surface area (Å²) in [6.45, 7) is 3.03. The van der Waals surface area contributed by atoms with Crippen molar-refractivity contribution < 1.29 is 14.2 Å².